The Balaban J connectivity index is 1.10. The van der Waals surface area contributed by atoms with E-state index in [1.165, 1.54) is 114 Å². The summed E-state index contributed by atoms with van der Waals surface area (Å²) >= 11 is 3.81. The van der Waals surface area contributed by atoms with Gasteiger partial charge in [0.05, 0.1) is 16.5 Å². The van der Waals surface area contributed by atoms with E-state index in [4.69, 9.17) is 0 Å². The number of benzene rings is 10. The van der Waals surface area contributed by atoms with Gasteiger partial charge in [-0.3, -0.25) is 0 Å². The van der Waals surface area contributed by atoms with Gasteiger partial charge in [-0.2, -0.15) is 0 Å². The second-order valence-corrected chi connectivity index (χ2v) is 24.6. The van der Waals surface area contributed by atoms with Crippen molar-refractivity contribution in [3.8, 4) is 22.3 Å². The Bertz CT molecular complexity index is 3930. The van der Waals surface area contributed by atoms with E-state index in [1.807, 2.05) is 23.1 Å². The molecule has 1 spiro atoms. The molecule has 1 aliphatic heterocycles. The van der Waals surface area contributed by atoms with Crippen LogP contribution in [0.3, 0.4) is 0 Å². The van der Waals surface area contributed by atoms with Gasteiger partial charge in [0, 0.05) is 41.3 Å². The Morgan fingerprint density at radius 1 is 0.356 bits per heavy atom. The third kappa shape index (κ3) is 6.35. The van der Waals surface area contributed by atoms with Crippen molar-refractivity contribution in [1.82, 2.24) is 0 Å². The van der Waals surface area contributed by atoms with Crippen LogP contribution in [0.15, 0.2) is 234 Å². The van der Waals surface area contributed by atoms with Crippen LogP contribution in [-0.4, -0.2) is 0 Å². The highest BCUT2D eigenvalue weighted by molar-refractivity contribution is 7.99. The molecule has 2 aliphatic carbocycles. The molecule has 0 fully saturated rings. The Morgan fingerprint density at radius 2 is 0.822 bits per heavy atom. The first kappa shape index (κ1) is 44.3. The van der Waals surface area contributed by atoms with E-state index in [0.717, 1.165) is 11.4 Å². The third-order valence-electron chi connectivity index (χ3n) is 16.3. The molecular weight excluding hydrogens is 919 g/mol. The fraction of sp³-hybridized carbons (Fsp3) is 0.143. The maximum Gasteiger partial charge on any atom is 0.0736 e. The molecule has 1 aromatic heterocycles. The molecule has 14 rings (SSSR count). The Hall–Kier alpha value is -7.43. The molecule has 3 aliphatic rings. The molecule has 11 aromatic rings. The minimum absolute atomic E-state index is 0.0437. The molecule has 73 heavy (non-hydrogen) atoms. The second kappa shape index (κ2) is 16.0. The standard InChI is InChI=1S/C70H55NS2/c1-67(2,3)46-32-38-63-59(40-46)70(60-41-47(68(4,5)6)33-39-64(60)73-63)56-28-17-14-25-51(56)53-37-35-49(43-58(53)70)71(61-29-19-31-65-66(61)54-26-15-18-30-62(54)72-65)48-34-36-52-50-24-13-16-27-55(50)69(57(52)42-48,44-20-9-7-10-21-44)45-22-11-8-12-23-45/h7-43H,1-6H3. The lowest BCUT2D eigenvalue weighted by Crippen LogP contribution is -2.33. The molecule has 3 heteroatoms. The van der Waals surface area contributed by atoms with Crippen molar-refractivity contribution in [2.24, 2.45) is 0 Å². The molecule has 0 saturated carbocycles. The molecule has 0 radical (unpaired) electrons. The number of fused-ring (bicyclic) bond motifs is 15. The lowest BCUT2D eigenvalue weighted by molar-refractivity contribution is 0.581. The maximum atomic E-state index is 2.60. The molecule has 0 amide bonds. The molecule has 352 valence electrons. The maximum absolute atomic E-state index is 2.60. The molecule has 0 unspecified atom stereocenters. The quantitative estimate of drug-likeness (QED) is 0.169. The van der Waals surface area contributed by atoms with Gasteiger partial charge in [0.25, 0.3) is 0 Å². The third-order valence-corrected chi connectivity index (χ3v) is 18.6. The summed E-state index contributed by atoms with van der Waals surface area (Å²) in [5.41, 5.74) is 20.6. The normalized spacial score (nSPS) is 14.6. The molecule has 0 saturated heterocycles. The largest absolute Gasteiger partial charge is 0.310 e. The lowest BCUT2D eigenvalue weighted by Gasteiger charge is -2.41. The molecule has 10 aromatic carbocycles. The van der Waals surface area contributed by atoms with Crippen LogP contribution in [0.1, 0.15) is 97.2 Å². The van der Waals surface area contributed by atoms with Crippen LogP contribution in [0.4, 0.5) is 17.1 Å². The Morgan fingerprint density at radius 3 is 1.38 bits per heavy atom. The van der Waals surface area contributed by atoms with Gasteiger partial charge in [-0.15, -0.1) is 11.3 Å². The van der Waals surface area contributed by atoms with Gasteiger partial charge in [-0.25, -0.2) is 0 Å². The highest BCUT2D eigenvalue weighted by Crippen LogP contribution is 2.64. The van der Waals surface area contributed by atoms with E-state index in [1.54, 1.807) is 0 Å². The Kier molecular flexibility index (Phi) is 9.73. The lowest BCUT2D eigenvalue weighted by atomic mass is 9.65. The number of nitrogens with zero attached hydrogens (tertiary/aromatic N) is 1. The molecule has 0 atom stereocenters. The average Bonchev–Trinajstić information content (AvgIpc) is 4.04. The highest BCUT2D eigenvalue weighted by atomic mass is 32.2. The van der Waals surface area contributed by atoms with Crippen molar-refractivity contribution >= 4 is 60.3 Å². The minimum atomic E-state index is -0.581. The van der Waals surface area contributed by atoms with Crippen molar-refractivity contribution in [1.29, 1.82) is 0 Å². The van der Waals surface area contributed by atoms with Gasteiger partial charge in [-0.1, -0.05) is 223 Å². The zero-order chi connectivity index (χ0) is 49.4. The van der Waals surface area contributed by atoms with Gasteiger partial charge in [0.2, 0.25) is 0 Å². The Labute approximate surface area is 437 Å². The van der Waals surface area contributed by atoms with Crippen molar-refractivity contribution in [3.63, 3.8) is 0 Å². The zero-order valence-corrected chi connectivity index (χ0v) is 43.8. The number of hydrogen-bond donors (Lipinski definition) is 0. The van der Waals surface area contributed by atoms with Crippen molar-refractivity contribution in [2.45, 2.75) is 73.0 Å². The summed E-state index contributed by atoms with van der Waals surface area (Å²) in [6.45, 7) is 14.1. The predicted molar refractivity (Wildman–Crippen MR) is 310 cm³/mol. The SMILES string of the molecule is CC(C)(C)c1ccc2c(c1)C1(c3cc(C(C)(C)C)ccc3S2)c2ccccc2-c2ccc(N(c3ccc4c(c3)C(c3ccccc3)(c3ccccc3)c3ccccc3-4)c3cccc4sc5ccccc5c34)cc21. The fourth-order valence-corrected chi connectivity index (χ4v) is 15.2. The van der Waals surface area contributed by atoms with Crippen LogP contribution >= 0.6 is 23.1 Å². The number of anilines is 3. The predicted octanol–water partition coefficient (Wildman–Crippen LogP) is 19.3. The van der Waals surface area contributed by atoms with Gasteiger partial charge >= 0.3 is 0 Å². The molecule has 0 bridgehead atoms. The summed E-state index contributed by atoms with van der Waals surface area (Å²) in [7, 11) is 0. The van der Waals surface area contributed by atoms with E-state index in [0.29, 0.717) is 0 Å². The van der Waals surface area contributed by atoms with E-state index >= 15 is 0 Å². The van der Waals surface area contributed by atoms with Gasteiger partial charge in [0.1, 0.15) is 0 Å². The summed E-state index contributed by atoms with van der Waals surface area (Å²) in [5, 5.41) is 2.55. The van der Waals surface area contributed by atoms with E-state index < -0.39 is 10.8 Å². The second-order valence-electron chi connectivity index (χ2n) is 22.4. The summed E-state index contributed by atoms with van der Waals surface area (Å²) < 4.78 is 2.57. The number of rotatable bonds is 5. The number of hydrogen-bond acceptors (Lipinski definition) is 3. The van der Waals surface area contributed by atoms with Crippen LogP contribution in [0.25, 0.3) is 42.4 Å². The first-order chi connectivity index (χ1) is 35.5. The summed E-state index contributed by atoms with van der Waals surface area (Å²) in [4.78, 5) is 5.23. The highest BCUT2D eigenvalue weighted by Gasteiger charge is 2.52. The molecule has 0 N–H and O–H groups in total. The summed E-state index contributed by atoms with van der Waals surface area (Å²) in [6, 6.07) is 86.1. The molecular formula is C70H55NS2. The average molecular weight is 974 g/mol. The van der Waals surface area contributed by atoms with Gasteiger partial charge in [0.15, 0.2) is 0 Å². The summed E-state index contributed by atoms with van der Waals surface area (Å²) in [6.07, 6.45) is 0. The van der Waals surface area contributed by atoms with Crippen LogP contribution < -0.4 is 4.90 Å². The fourth-order valence-electron chi connectivity index (χ4n) is 12.9. The topological polar surface area (TPSA) is 3.24 Å². The number of thiophene rings is 1. The smallest absolute Gasteiger partial charge is 0.0736 e. The van der Waals surface area contributed by atoms with Gasteiger partial charge < -0.3 is 4.90 Å². The molecule has 1 nitrogen and oxygen atoms in total. The van der Waals surface area contributed by atoms with Crippen LogP contribution in [0.5, 0.6) is 0 Å². The first-order valence-corrected chi connectivity index (χ1v) is 27.4. The van der Waals surface area contributed by atoms with E-state index in [2.05, 4.69) is 271 Å². The monoisotopic (exact) mass is 973 g/mol. The van der Waals surface area contributed by atoms with E-state index in [9.17, 15) is 0 Å². The molecule has 2 heterocycles. The van der Waals surface area contributed by atoms with Gasteiger partial charge in [-0.05, 0) is 143 Å². The van der Waals surface area contributed by atoms with Crippen LogP contribution in [0, 0.1) is 0 Å². The first-order valence-electron chi connectivity index (χ1n) is 25.7. The summed E-state index contributed by atoms with van der Waals surface area (Å²) in [5.74, 6) is 0. The minimum Gasteiger partial charge on any atom is -0.310 e. The van der Waals surface area contributed by atoms with Crippen LogP contribution in [0.2, 0.25) is 0 Å². The van der Waals surface area contributed by atoms with Crippen molar-refractivity contribution in [2.75, 3.05) is 4.90 Å². The zero-order valence-electron chi connectivity index (χ0n) is 42.1. The van der Waals surface area contributed by atoms with Crippen molar-refractivity contribution < 1.29 is 0 Å². The van der Waals surface area contributed by atoms with E-state index in [-0.39, 0.29) is 10.8 Å². The van der Waals surface area contributed by atoms with Crippen molar-refractivity contribution in [3.05, 3.63) is 280 Å². The van der Waals surface area contributed by atoms with Crippen LogP contribution in [-0.2, 0) is 21.7 Å².